The lowest BCUT2D eigenvalue weighted by Gasteiger charge is -2.22. The van der Waals surface area contributed by atoms with E-state index in [2.05, 4.69) is 10.1 Å². The number of likely N-dealkylation sites (tertiary alicyclic amines) is 1. The van der Waals surface area contributed by atoms with Gasteiger partial charge in [-0.1, -0.05) is 17.3 Å². The van der Waals surface area contributed by atoms with Gasteiger partial charge in [0.2, 0.25) is 11.7 Å². The molecule has 0 spiro atoms. The predicted molar refractivity (Wildman–Crippen MR) is 89.1 cm³/mol. The first-order chi connectivity index (χ1) is 13.0. The Morgan fingerprint density at radius 3 is 2.70 bits per heavy atom. The molecule has 1 aliphatic rings. The fourth-order valence-electron chi connectivity index (χ4n) is 3.21. The van der Waals surface area contributed by atoms with E-state index >= 15 is 0 Å². The van der Waals surface area contributed by atoms with Gasteiger partial charge in [-0.05, 0) is 37.1 Å². The number of carbonyl (C=O) groups excluding carboxylic acids is 1. The monoisotopic (exact) mass is 373 g/mol. The molecular weight excluding hydrogens is 359 g/mol. The van der Waals surface area contributed by atoms with Crippen molar-refractivity contribution in [2.24, 2.45) is 0 Å². The molecule has 3 aromatic rings. The van der Waals surface area contributed by atoms with Gasteiger partial charge in [0.1, 0.15) is 23.5 Å². The number of benzene rings is 2. The lowest BCUT2D eigenvalue weighted by Crippen LogP contribution is -2.31. The molecule has 0 unspecified atom stereocenters. The van der Waals surface area contributed by atoms with E-state index < -0.39 is 29.4 Å². The molecule has 1 atom stereocenters. The minimum atomic E-state index is -0.812. The Morgan fingerprint density at radius 2 is 1.93 bits per heavy atom. The third-order valence-electron chi connectivity index (χ3n) is 4.52. The summed E-state index contributed by atoms with van der Waals surface area (Å²) in [5.41, 5.74) is -0.0369. The van der Waals surface area contributed by atoms with Crippen LogP contribution in [-0.4, -0.2) is 27.5 Å². The van der Waals surface area contributed by atoms with Crippen molar-refractivity contribution >= 4 is 5.91 Å². The van der Waals surface area contributed by atoms with Crippen molar-refractivity contribution in [3.63, 3.8) is 0 Å². The molecule has 0 radical (unpaired) electrons. The maximum atomic E-state index is 14.0. The molecule has 5 nitrogen and oxygen atoms in total. The van der Waals surface area contributed by atoms with Crippen LogP contribution in [0, 0.1) is 17.5 Å². The summed E-state index contributed by atoms with van der Waals surface area (Å²) in [6.45, 7) is 0.417. The van der Waals surface area contributed by atoms with E-state index in [0.717, 1.165) is 12.1 Å². The van der Waals surface area contributed by atoms with E-state index in [9.17, 15) is 18.0 Å². The minimum absolute atomic E-state index is 0.00335. The van der Waals surface area contributed by atoms with Gasteiger partial charge < -0.3 is 9.42 Å². The lowest BCUT2D eigenvalue weighted by atomic mass is 10.1. The lowest BCUT2D eigenvalue weighted by molar-refractivity contribution is 0.0705. The Bertz CT molecular complexity index is 1010. The average molecular weight is 373 g/mol. The number of halogens is 3. The van der Waals surface area contributed by atoms with Crippen molar-refractivity contribution in [1.82, 2.24) is 15.0 Å². The third-order valence-corrected chi connectivity index (χ3v) is 4.52. The van der Waals surface area contributed by atoms with Crippen molar-refractivity contribution < 1.29 is 22.5 Å². The maximum Gasteiger partial charge on any atom is 0.257 e. The Balaban J connectivity index is 1.62. The van der Waals surface area contributed by atoms with E-state index in [4.69, 9.17) is 4.52 Å². The van der Waals surface area contributed by atoms with Gasteiger partial charge in [-0.15, -0.1) is 0 Å². The predicted octanol–water partition coefficient (Wildman–Crippen LogP) is 4.13. The highest BCUT2D eigenvalue weighted by Crippen LogP contribution is 2.33. The van der Waals surface area contributed by atoms with Crippen molar-refractivity contribution in [2.75, 3.05) is 6.54 Å². The van der Waals surface area contributed by atoms with Gasteiger partial charge in [-0.25, -0.2) is 13.2 Å². The number of carbonyl (C=O) groups is 1. The Labute approximate surface area is 152 Å². The summed E-state index contributed by atoms with van der Waals surface area (Å²) in [6.07, 6.45) is 1.25. The minimum Gasteiger partial charge on any atom is -0.337 e. The number of aromatic nitrogens is 2. The second-order valence-corrected chi connectivity index (χ2v) is 6.22. The van der Waals surface area contributed by atoms with Gasteiger partial charge >= 0.3 is 0 Å². The van der Waals surface area contributed by atoms with Crippen LogP contribution in [0.15, 0.2) is 47.0 Å². The zero-order chi connectivity index (χ0) is 19.0. The van der Waals surface area contributed by atoms with Crippen LogP contribution in [-0.2, 0) is 0 Å². The van der Waals surface area contributed by atoms with Crippen molar-refractivity contribution in [1.29, 1.82) is 0 Å². The van der Waals surface area contributed by atoms with Crippen LogP contribution in [0.2, 0.25) is 0 Å². The third kappa shape index (κ3) is 3.18. The number of hydrogen-bond donors (Lipinski definition) is 0. The fourth-order valence-corrected chi connectivity index (χ4v) is 3.21. The van der Waals surface area contributed by atoms with Crippen molar-refractivity contribution in [3.8, 4) is 11.4 Å². The molecule has 0 bridgehead atoms. The highest BCUT2D eigenvalue weighted by atomic mass is 19.1. The van der Waals surface area contributed by atoms with E-state index in [1.807, 2.05) is 0 Å². The van der Waals surface area contributed by atoms with Gasteiger partial charge in [0, 0.05) is 12.6 Å². The fraction of sp³-hybridized carbons (Fsp3) is 0.211. The van der Waals surface area contributed by atoms with E-state index in [0.29, 0.717) is 19.4 Å². The smallest absolute Gasteiger partial charge is 0.257 e. The molecular formula is C19H14F3N3O2. The standard InChI is InChI=1S/C19H14F3N3O2/c20-11-7-8-12(15(22)10-11)17-23-18(27-24-17)16-6-3-9-25(16)19(26)13-4-1-2-5-14(13)21/h1-2,4-5,7-8,10,16H,3,6,9H2/t16-/m1/s1. The molecule has 1 aromatic heterocycles. The average Bonchev–Trinajstić information content (AvgIpc) is 3.31. The Hall–Kier alpha value is -3.16. The molecule has 0 saturated carbocycles. The molecule has 1 saturated heterocycles. The van der Waals surface area contributed by atoms with Gasteiger partial charge in [0.25, 0.3) is 5.91 Å². The quantitative estimate of drug-likeness (QED) is 0.693. The first kappa shape index (κ1) is 17.3. The molecule has 0 aliphatic carbocycles. The van der Waals surface area contributed by atoms with Crippen LogP contribution < -0.4 is 0 Å². The van der Waals surface area contributed by atoms with Crippen LogP contribution in [0.3, 0.4) is 0 Å². The summed E-state index contributed by atoms with van der Waals surface area (Å²) in [4.78, 5) is 18.4. The topological polar surface area (TPSA) is 59.2 Å². The first-order valence-corrected chi connectivity index (χ1v) is 8.39. The zero-order valence-electron chi connectivity index (χ0n) is 14.0. The molecule has 4 rings (SSSR count). The summed E-state index contributed by atoms with van der Waals surface area (Å²) in [5.74, 6) is -2.50. The maximum absolute atomic E-state index is 14.0. The summed E-state index contributed by atoms with van der Waals surface area (Å²) >= 11 is 0. The van der Waals surface area contributed by atoms with Crippen LogP contribution >= 0.6 is 0 Å². The molecule has 2 aromatic carbocycles. The molecule has 2 heterocycles. The normalized spacial score (nSPS) is 16.7. The van der Waals surface area contributed by atoms with Crippen LogP contribution in [0.4, 0.5) is 13.2 Å². The largest absolute Gasteiger partial charge is 0.337 e. The van der Waals surface area contributed by atoms with Gasteiger partial charge in [0.15, 0.2) is 0 Å². The number of amides is 1. The van der Waals surface area contributed by atoms with E-state index in [1.165, 1.54) is 29.2 Å². The molecule has 1 fully saturated rings. The van der Waals surface area contributed by atoms with E-state index in [-0.39, 0.29) is 22.8 Å². The first-order valence-electron chi connectivity index (χ1n) is 8.39. The Morgan fingerprint density at radius 1 is 1.11 bits per heavy atom. The molecule has 27 heavy (non-hydrogen) atoms. The van der Waals surface area contributed by atoms with Crippen LogP contribution in [0.1, 0.15) is 35.1 Å². The summed E-state index contributed by atoms with van der Waals surface area (Å²) in [6, 6.07) is 8.25. The summed E-state index contributed by atoms with van der Waals surface area (Å²) < 4.78 is 46.2. The second kappa shape index (κ2) is 6.86. The number of hydrogen-bond acceptors (Lipinski definition) is 4. The van der Waals surface area contributed by atoms with Crippen LogP contribution in [0.25, 0.3) is 11.4 Å². The molecule has 1 aliphatic heterocycles. The molecule has 8 heteroatoms. The number of rotatable bonds is 3. The van der Waals surface area contributed by atoms with Crippen molar-refractivity contribution in [3.05, 3.63) is 71.4 Å². The molecule has 1 amide bonds. The molecule has 138 valence electrons. The second-order valence-electron chi connectivity index (χ2n) is 6.22. The summed E-state index contributed by atoms with van der Waals surface area (Å²) in [5, 5.41) is 3.74. The Kier molecular flexibility index (Phi) is 4.39. The molecule has 0 N–H and O–H groups in total. The number of nitrogens with zero attached hydrogens (tertiary/aromatic N) is 3. The van der Waals surface area contributed by atoms with Crippen LogP contribution in [0.5, 0.6) is 0 Å². The highest BCUT2D eigenvalue weighted by molar-refractivity contribution is 5.94. The van der Waals surface area contributed by atoms with Crippen molar-refractivity contribution in [2.45, 2.75) is 18.9 Å². The summed E-state index contributed by atoms with van der Waals surface area (Å²) in [7, 11) is 0. The highest BCUT2D eigenvalue weighted by Gasteiger charge is 2.35. The van der Waals surface area contributed by atoms with Gasteiger partial charge in [-0.3, -0.25) is 4.79 Å². The van der Waals surface area contributed by atoms with Gasteiger partial charge in [-0.2, -0.15) is 4.98 Å². The zero-order valence-corrected chi connectivity index (χ0v) is 14.0. The SMILES string of the molecule is O=C(c1ccccc1F)N1CCC[C@@H]1c1nc(-c2ccc(F)cc2F)no1. The van der Waals surface area contributed by atoms with Gasteiger partial charge in [0.05, 0.1) is 11.1 Å². The van der Waals surface area contributed by atoms with E-state index in [1.54, 1.807) is 6.07 Å².